The third-order valence-electron chi connectivity index (χ3n) is 5.40. The Labute approximate surface area is 179 Å². The van der Waals surface area contributed by atoms with Crippen molar-refractivity contribution in [2.24, 2.45) is 0 Å². The number of hydrogen-bond donors (Lipinski definition) is 1. The lowest BCUT2D eigenvalue weighted by Crippen LogP contribution is -2.14. The molecule has 0 saturated carbocycles. The van der Waals surface area contributed by atoms with Crippen LogP contribution in [0.15, 0.2) is 85.3 Å². The van der Waals surface area contributed by atoms with E-state index >= 15 is 0 Å². The molecule has 6 nitrogen and oxygen atoms in total. The molecule has 1 amide bonds. The second-order valence-corrected chi connectivity index (χ2v) is 7.47. The van der Waals surface area contributed by atoms with E-state index in [9.17, 15) is 4.79 Å². The Kier molecular flexibility index (Phi) is 4.59. The lowest BCUT2D eigenvalue weighted by Gasteiger charge is -2.10. The maximum Gasteiger partial charge on any atom is 0.259 e. The number of aryl methyl sites for hydroxylation is 1. The number of para-hydroxylation sites is 1. The third-order valence-corrected chi connectivity index (χ3v) is 5.40. The number of benzene rings is 2. The van der Waals surface area contributed by atoms with Crippen molar-refractivity contribution in [3.63, 3.8) is 0 Å². The van der Waals surface area contributed by atoms with Gasteiger partial charge in [0.25, 0.3) is 5.91 Å². The molecule has 0 bridgehead atoms. The van der Waals surface area contributed by atoms with Crippen molar-refractivity contribution >= 4 is 17.2 Å². The average Bonchev–Trinajstić information content (AvgIpc) is 3.39. The average molecular weight is 407 g/mol. The van der Waals surface area contributed by atoms with Crippen molar-refractivity contribution in [3.05, 3.63) is 102 Å². The number of fused-ring (bicyclic) bond motifs is 1. The summed E-state index contributed by atoms with van der Waals surface area (Å²) in [5.74, 6) is -0.185. The summed E-state index contributed by atoms with van der Waals surface area (Å²) in [6.45, 7) is 3.87. The Morgan fingerprint density at radius 3 is 2.58 bits per heavy atom. The maximum absolute atomic E-state index is 13.0. The van der Waals surface area contributed by atoms with Crippen molar-refractivity contribution in [2.45, 2.75) is 13.8 Å². The van der Waals surface area contributed by atoms with Gasteiger partial charge in [0, 0.05) is 23.6 Å². The molecule has 0 radical (unpaired) electrons. The van der Waals surface area contributed by atoms with Gasteiger partial charge >= 0.3 is 0 Å². The molecule has 5 aromatic rings. The van der Waals surface area contributed by atoms with Crippen LogP contribution in [0.5, 0.6) is 0 Å². The fourth-order valence-corrected chi connectivity index (χ4v) is 3.64. The SMILES string of the molecule is Cc1ccc(-c2cn3ccccc3n2)cc1NC(=O)c1cnn(-c2ccccc2)c1C. The van der Waals surface area contributed by atoms with Crippen LogP contribution in [-0.4, -0.2) is 25.1 Å². The first-order valence-corrected chi connectivity index (χ1v) is 10.1. The maximum atomic E-state index is 13.0. The number of amides is 1. The predicted molar refractivity (Wildman–Crippen MR) is 122 cm³/mol. The molecule has 3 heterocycles. The van der Waals surface area contributed by atoms with E-state index in [4.69, 9.17) is 0 Å². The lowest BCUT2D eigenvalue weighted by molar-refractivity contribution is 0.102. The molecule has 5 rings (SSSR count). The molecule has 1 N–H and O–H groups in total. The number of nitrogens with one attached hydrogen (secondary N) is 1. The molecule has 0 saturated heterocycles. The Bertz CT molecular complexity index is 1370. The highest BCUT2D eigenvalue weighted by Gasteiger charge is 2.16. The standard InChI is InChI=1S/C25H21N5O/c1-17-11-12-19(23-16-29-13-7-6-10-24(29)27-23)14-22(17)28-25(31)21-15-26-30(18(21)2)20-8-4-3-5-9-20/h3-16H,1-2H3,(H,28,31). The number of carbonyl (C=O) groups is 1. The number of aromatic nitrogens is 4. The van der Waals surface area contributed by atoms with Crippen LogP contribution in [0.4, 0.5) is 5.69 Å². The van der Waals surface area contributed by atoms with E-state index in [1.54, 1.807) is 10.9 Å². The quantitative estimate of drug-likeness (QED) is 0.453. The highest BCUT2D eigenvalue weighted by Crippen LogP contribution is 2.26. The minimum atomic E-state index is -0.185. The number of rotatable bonds is 4. The number of anilines is 1. The van der Waals surface area contributed by atoms with Crippen molar-refractivity contribution < 1.29 is 4.79 Å². The molecule has 3 aromatic heterocycles. The number of imidazole rings is 1. The smallest absolute Gasteiger partial charge is 0.259 e. The third kappa shape index (κ3) is 3.48. The van der Waals surface area contributed by atoms with Gasteiger partial charge in [-0.3, -0.25) is 4.79 Å². The minimum Gasteiger partial charge on any atom is -0.322 e. The molecule has 6 heteroatoms. The second kappa shape index (κ2) is 7.57. The van der Waals surface area contributed by atoms with Gasteiger partial charge in [0.15, 0.2) is 0 Å². The molecule has 152 valence electrons. The number of pyridine rings is 1. The highest BCUT2D eigenvalue weighted by atomic mass is 16.1. The van der Waals surface area contributed by atoms with Crippen molar-refractivity contribution in [1.82, 2.24) is 19.2 Å². The first-order valence-electron chi connectivity index (χ1n) is 10.1. The van der Waals surface area contributed by atoms with Gasteiger partial charge in [0.2, 0.25) is 0 Å². The zero-order valence-electron chi connectivity index (χ0n) is 17.3. The van der Waals surface area contributed by atoms with E-state index in [0.29, 0.717) is 5.56 Å². The lowest BCUT2D eigenvalue weighted by atomic mass is 10.1. The number of carbonyl (C=O) groups excluding carboxylic acids is 1. The molecular formula is C25H21N5O. The van der Waals surface area contributed by atoms with Crippen LogP contribution < -0.4 is 5.32 Å². The number of nitrogens with zero attached hydrogens (tertiary/aromatic N) is 4. The van der Waals surface area contributed by atoms with Gasteiger partial charge < -0.3 is 9.72 Å². The van der Waals surface area contributed by atoms with Gasteiger partial charge in [-0.15, -0.1) is 0 Å². The minimum absolute atomic E-state index is 0.185. The largest absolute Gasteiger partial charge is 0.322 e. The van der Waals surface area contributed by atoms with E-state index in [1.165, 1.54) is 0 Å². The summed E-state index contributed by atoms with van der Waals surface area (Å²) in [5.41, 5.74) is 6.67. The first-order chi connectivity index (χ1) is 15.1. The fraction of sp³-hybridized carbons (Fsp3) is 0.0800. The van der Waals surface area contributed by atoms with Crippen LogP contribution in [0.3, 0.4) is 0 Å². The molecule has 0 aliphatic heterocycles. The van der Waals surface area contributed by atoms with Crippen molar-refractivity contribution in [1.29, 1.82) is 0 Å². The van der Waals surface area contributed by atoms with Gasteiger partial charge in [-0.05, 0) is 49.7 Å². The monoisotopic (exact) mass is 407 g/mol. The molecule has 0 spiro atoms. The van der Waals surface area contributed by atoms with Crippen LogP contribution in [0.25, 0.3) is 22.6 Å². The normalized spacial score (nSPS) is 11.0. The Morgan fingerprint density at radius 1 is 0.968 bits per heavy atom. The summed E-state index contributed by atoms with van der Waals surface area (Å²) >= 11 is 0. The van der Waals surface area contributed by atoms with Crippen LogP contribution in [0, 0.1) is 13.8 Å². The Balaban J connectivity index is 1.44. The summed E-state index contributed by atoms with van der Waals surface area (Å²) in [6, 6.07) is 21.7. The molecule has 0 atom stereocenters. The predicted octanol–water partition coefficient (Wildman–Crippen LogP) is 5.06. The van der Waals surface area contributed by atoms with E-state index in [0.717, 1.165) is 39.5 Å². The van der Waals surface area contributed by atoms with E-state index in [1.807, 2.05) is 97.4 Å². The molecule has 2 aromatic carbocycles. The Morgan fingerprint density at radius 2 is 1.77 bits per heavy atom. The fourth-order valence-electron chi connectivity index (χ4n) is 3.64. The zero-order chi connectivity index (χ0) is 21.4. The molecular weight excluding hydrogens is 386 g/mol. The van der Waals surface area contributed by atoms with Crippen LogP contribution in [0.1, 0.15) is 21.6 Å². The summed E-state index contributed by atoms with van der Waals surface area (Å²) in [7, 11) is 0. The van der Waals surface area contributed by atoms with Gasteiger partial charge in [-0.25, -0.2) is 9.67 Å². The zero-order valence-corrected chi connectivity index (χ0v) is 17.3. The van der Waals surface area contributed by atoms with Gasteiger partial charge in [0.1, 0.15) is 5.65 Å². The molecule has 0 unspecified atom stereocenters. The summed E-state index contributed by atoms with van der Waals surface area (Å²) < 4.78 is 3.75. The number of hydrogen-bond acceptors (Lipinski definition) is 3. The van der Waals surface area contributed by atoms with E-state index < -0.39 is 0 Å². The highest BCUT2D eigenvalue weighted by molar-refractivity contribution is 6.05. The topological polar surface area (TPSA) is 64.2 Å². The summed E-state index contributed by atoms with van der Waals surface area (Å²) in [6.07, 6.45) is 5.56. The van der Waals surface area contributed by atoms with Gasteiger partial charge in [-0.1, -0.05) is 36.4 Å². The van der Waals surface area contributed by atoms with Gasteiger partial charge in [-0.2, -0.15) is 5.10 Å². The van der Waals surface area contributed by atoms with E-state index in [2.05, 4.69) is 15.4 Å². The van der Waals surface area contributed by atoms with Crippen LogP contribution in [0.2, 0.25) is 0 Å². The van der Waals surface area contributed by atoms with Crippen molar-refractivity contribution in [2.75, 3.05) is 5.32 Å². The van der Waals surface area contributed by atoms with Gasteiger partial charge in [0.05, 0.1) is 28.8 Å². The summed E-state index contributed by atoms with van der Waals surface area (Å²) in [5, 5.41) is 7.45. The van der Waals surface area contributed by atoms with E-state index in [-0.39, 0.29) is 5.91 Å². The van der Waals surface area contributed by atoms with Crippen molar-refractivity contribution in [3.8, 4) is 16.9 Å². The summed E-state index contributed by atoms with van der Waals surface area (Å²) in [4.78, 5) is 17.7. The Hall–Kier alpha value is -4.19. The molecule has 0 aliphatic carbocycles. The van der Waals surface area contributed by atoms with Crippen LogP contribution in [-0.2, 0) is 0 Å². The molecule has 31 heavy (non-hydrogen) atoms. The molecule has 0 fully saturated rings. The second-order valence-electron chi connectivity index (χ2n) is 7.47. The van der Waals surface area contributed by atoms with Crippen LogP contribution >= 0.6 is 0 Å². The molecule has 0 aliphatic rings. The first kappa shape index (κ1) is 18.8.